The van der Waals surface area contributed by atoms with Crippen LogP contribution in [0.1, 0.15) is 25.0 Å². The van der Waals surface area contributed by atoms with Gasteiger partial charge in [0.05, 0.1) is 11.0 Å². The van der Waals surface area contributed by atoms with Gasteiger partial charge in [0.2, 0.25) is 0 Å². The Labute approximate surface area is 321 Å². The van der Waals surface area contributed by atoms with Crippen molar-refractivity contribution in [2.75, 3.05) is 4.90 Å². The molecule has 0 amide bonds. The Morgan fingerprint density at radius 2 is 1.07 bits per heavy atom. The molecule has 1 aliphatic rings. The molecule has 0 saturated heterocycles. The second-order valence-electron chi connectivity index (χ2n) is 15.4. The minimum absolute atomic E-state index is 0.104. The summed E-state index contributed by atoms with van der Waals surface area (Å²) in [5, 5.41) is 7.44. The maximum Gasteiger partial charge on any atom is 0.0625 e. The molecule has 55 heavy (non-hydrogen) atoms. The Kier molecular flexibility index (Phi) is 6.93. The van der Waals surface area contributed by atoms with Crippen molar-refractivity contribution < 1.29 is 0 Å². The van der Waals surface area contributed by atoms with Gasteiger partial charge in [0, 0.05) is 44.3 Å². The van der Waals surface area contributed by atoms with Gasteiger partial charge >= 0.3 is 0 Å². The van der Waals surface area contributed by atoms with Crippen molar-refractivity contribution in [2.45, 2.75) is 19.3 Å². The molecule has 0 N–H and O–H groups in total. The third-order valence-corrected chi connectivity index (χ3v) is 11.9. The SMILES string of the molecule is CC1(C)c2ccccc2-c2ccc(N(c3ccccc3)c3ccc4c(c3)c3c(-c5ccc6ccccc6c5)cc5ccccc5c3n4-c3ccccc3)cc21. The lowest BCUT2D eigenvalue weighted by Crippen LogP contribution is -2.16. The fourth-order valence-corrected chi connectivity index (χ4v) is 9.30. The lowest BCUT2D eigenvalue weighted by Gasteiger charge is -2.28. The van der Waals surface area contributed by atoms with E-state index in [0.29, 0.717) is 0 Å². The highest BCUT2D eigenvalue weighted by atomic mass is 15.1. The monoisotopic (exact) mass is 702 g/mol. The molecule has 2 nitrogen and oxygen atoms in total. The molecule has 2 heteroatoms. The van der Waals surface area contributed by atoms with Crippen molar-refractivity contribution in [3.63, 3.8) is 0 Å². The van der Waals surface area contributed by atoms with Crippen LogP contribution in [0.3, 0.4) is 0 Å². The summed E-state index contributed by atoms with van der Waals surface area (Å²) in [6.45, 7) is 4.72. The van der Waals surface area contributed by atoms with Gasteiger partial charge in [-0.25, -0.2) is 0 Å². The number of anilines is 3. The highest BCUT2D eigenvalue weighted by molar-refractivity contribution is 6.25. The fourth-order valence-electron chi connectivity index (χ4n) is 9.30. The number of hydrogen-bond donors (Lipinski definition) is 0. The Balaban J connectivity index is 1.22. The average molecular weight is 703 g/mol. The normalized spacial score (nSPS) is 13.1. The van der Waals surface area contributed by atoms with Crippen LogP contribution in [0.25, 0.3) is 71.3 Å². The molecule has 260 valence electrons. The van der Waals surface area contributed by atoms with Crippen LogP contribution in [0.5, 0.6) is 0 Å². The maximum atomic E-state index is 2.48. The van der Waals surface area contributed by atoms with Crippen molar-refractivity contribution in [1.82, 2.24) is 4.57 Å². The quantitative estimate of drug-likeness (QED) is 0.173. The zero-order valence-electron chi connectivity index (χ0n) is 30.9. The van der Waals surface area contributed by atoms with Crippen LogP contribution in [0.4, 0.5) is 17.1 Å². The zero-order valence-corrected chi connectivity index (χ0v) is 30.9. The third kappa shape index (κ3) is 4.81. The van der Waals surface area contributed by atoms with Crippen molar-refractivity contribution in [3.05, 3.63) is 205 Å². The first-order valence-corrected chi connectivity index (χ1v) is 19.2. The molecule has 0 fully saturated rings. The Bertz CT molecular complexity index is 3120. The van der Waals surface area contributed by atoms with E-state index in [1.165, 1.54) is 76.7 Å². The van der Waals surface area contributed by atoms with Crippen LogP contribution < -0.4 is 4.90 Å². The standard InChI is InChI=1S/C53H38N2/c1-53(2)48-24-14-13-23-44(48)45-29-27-42(34-49(45)53)54(39-18-5-3-6-19-39)41-28-30-50-47(33-41)51-46(38-26-25-35-15-9-10-16-36(35)31-38)32-37-17-11-12-22-43(37)52(51)55(50)40-20-7-4-8-21-40/h3-34H,1-2H3. The Morgan fingerprint density at radius 1 is 0.418 bits per heavy atom. The van der Waals surface area contributed by atoms with E-state index in [-0.39, 0.29) is 5.41 Å². The summed E-state index contributed by atoms with van der Waals surface area (Å²) >= 11 is 0. The third-order valence-electron chi connectivity index (χ3n) is 11.9. The number of rotatable bonds is 5. The summed E-state index contributed by atoms with van der Waals surface area (Å²) in [7, 11) is 0. The Hall–Kier alpha value is -6.90. The van der Waals surface area contributed by atoms with Gasteiger partial charge in [0.1, 0.15) is 0 Å². The van der Waals surface area contributed by atoms with Crippen molar-refractivity contribution in [3.8, 4) is 27.9 Å². The molecule has 0 bridgehead atoms. The van der Waals surface area contributed by atoms with Gasteiger partial charge in [0.25, 0.3) is 0 Å². The van der Waals surface area contributed by atoms with Gasteiger partial charge in [-0.3, -0.25) is 0 Å². The van der Waals surface area contributed by atoms with Crippen LogP contribution in [0.2, 0.25) is 0 Å². The molecule has 0 unspecified atom stereocenters. The van der Waals surface area contributed by atoms with E-state index in [2.05, 4.69) is 217 Å². The minimum Gasteiger partial charge on any atom is -0.310 e. The van der Waals surface area contributed by atoms with Gasteiger partial charge in [-0.15, -0.1) is 0 Å². The van der Waals surface area contributed by atoms with Crippen LogP contribution in [0.15, 0.2) is 194 Å². The van der Waals surface area contributed by atoms with Crippen molar-refractivity contribution in [2.24, 2.45) is 0 Å². The molecule has 1 heterocycles. The molecule has 9 aromatic carbocycles. The van der Waals surface area contributed by atoms with Crippen molar-refractivity contribution >= 4 is 60.4 Å². The number of aromatic nitrogens is 1. The van der Waals surface area contributed by atoms with E-state index < -0.39 is 0 Å². The fraction of sp³-hybridized carbons (Fsp3) is 0.0566. The topological polar surface area (TPSA) is 8.17 Å². The predicted octanol–water partition coefficient (Wildman–Crippen LogP) is 14.5. The number of fused-ring (bicyclic) bond motifs is 9. The van der Waals surface area contributed by atoms with E-state index in [1.54, 1.807) is 0 Å². The smallest absolute Gasteiger partial charge is 0.0625 e. The Morgan fingerprint density at radius 3 is 1.91 bits per heavy atom. The van der Waals surface area contributed by atoms with E-state index in [1.807, 2.05) is 0 Å². The summed E-state index contributed by atoms with van der Waals surface area (Å²) in [5.74, 6) is 0. The summed E-state index contributed by atoms with van der Waals surface area (Å²) in [5.41, 5.74) is 14.7. The van der Waals surface area contributed by atoms with Crippen LogP contribution >= 0.6 is 0 Å². The molecule has 10 aromatic rings. The zero-order chi connectivity index (χ0) is 36.7. The van der Waals surface area contributed by atoms with Gasteiger partial charge in [-0.1, -0.05) is 141 Å². The maximum absolute atomic E-state index is 2.48. The van der Waals surface area contributed by atoms with Gasteiger partial charge in [-0.05, 0) is 116 Å². The lowest BCUT2D eigenvalue weighted by atomic mass is 9.82. The average Bonchev–Trinajstić information content (AvgIpc) is 3.70. The molecule has 0 radical (unpaired) electrons. The van der Waals surface area contributed by atoms with Crippen LogP contribution in [0, 0.1) is 0 Å². The molecule has 0 saturated carbocycles. The first-order valence-electron chi connectivity index (χ1n) is 19.2. The molecule has 0 spiro atoms. The predicted molar refractivity (Wildman–Crippen MR) is 233 cm³/mol. The van der Waals surface area contributed by atoms with Gasteiger partial charge in [0.15, 0.2) is 0 Å². The van der Waals surface area contributed by atoms with Crippen LogP contribution in [-0.4, -0.2) is 4.57 Å². The number of benzene rings is 9. The highest BCUT2D eigenvalue weighted by Crippen LogP contribution is 2.51. The molecule has 0 aliphatic heterocycles. The van der Waals surface area contributed by atoms with E-state index in [4.69, 9.17) is 0 Å². The molecule has 0 atom stereocenters. The second-order valence-corrected chi connectivity index (χ2v) is 15.4. The summed E-state index contributed by atoms with van der Waals surface area (Å²) in [6.07, 6.45) is 0. The lowest BCUT2D eigenvalue weighted by molar-refractivity contribution is 0.660. The number of para-hydroxylation sites is 2. The van der Waals surface area contributed by atoms with Gasteiger partial charge in [-0.2, -0.15) is 0 Å². The van der Waals surface area contributed by atoms with E-state index in [0.717, 1.165) is 22.7 Å². The summed E-state index contributed by atoms with van der Waals surface area (Å²) in [6, 6.07) is 71.5. The van der Waals surface area contributed by atoms with E-state index in [9.17, 15) is 0 Å². The van der Waals surface area contributed by atoms with Crippen LogP contribution in [-0.2, 0) is 5.41 Å². The minimum atomic E-state index is -0.104. The van der Waals surface area contributed by atoms with Crippen molar-refractivity contribution in [1.29, 1.82) is 0 Å². The first-order chi connectivity index (χ1) is 27.0. The molecule has 1 aliphatic carbocycles. The highest BCUT2D eigenvalue weighted by Gasteiger charge is 2.35. The first kappa shape index (κ1) is 31.6. The molecular weight excluding hydrogens is 665 g/mol. The number of nitrogens with zero attached hydrogens (tertiary/aromatic N) is 2. The summed E-state index contributed by atoms with van der Waals surface area (Å²) in [4.78, 5) is 2.43. The summed E-state index contributed by atoms with van der Waals surface area (Å²) < 4.78 is 2.48. The molecule has 1 aromatic heterocycles. The van der Waals surface area contributed by atoms with Gasteiger partial charge < -0.3 is 9.47 Å². The molecular formula is C53H38N2. The van der Waals surface area contributed by atoms with E-state index >= 15 is 0 Å². The second kappa shape index (κ2) is 12.1. The largest absolute Gasteiger partial charge is 0.310 e. The number of hydrogen-bond acceptors (Lipinski definition) is 1. The molecule has 11 rings (SSSR count).